The Morgan fingerprint density at radius 2 is 1.73 bits per heavy atom. The second-order valence-electron chi connectivity index (χ2n) is 7.48. The van der Waals surface area contributed by atoms with Crippen molar-refractivity contribution in [1.29, 1.82) is 0 Å². The largest absolute Gasteiger partial charge is 0.340 e. The molecule has 1 amide bonds. The monoisotopic (exact) mass is 497 g/mol. The number of aryl methyl sites for hydroxylation is 1. The molecule has 0 saturated carbocycles. The van der Waals surface area contributed by atoms with Crippen molar-refractivity contribution in [1.82, 2.24) is 14.1 Å². The van der Waals surface area contributed by atoms with Crippen LogP contribution < -0.4 is 0 Å². The smallest absolute Gasteiger partial charge is 0.243 e. The predicted octanol–water partition coefficient (Wildman–Crippen LogP) is 2.86. The fourth-order valence-electron chi connectivity index (χ4n) is 3.31. The standard InChI is InChI=1S/C21H25BrFN3O3S/c1-16-3-6-19(7-4-16)30(28,29)26-11-9-25(10-12-26)15-21(27)24(2)14-17-13-18(22)5-8-20(17)23/h3-8,13H,9-12,14-15H2,1-2H3. The number of likely N-dealkylation sites (N-methyl/N-ethyl adjacent to an activating group) is 1. The Balaban J connectivity index is 1.54. The van der Waals surface area contributed by atoms with E-state index in [4.69, 9.17) is 0 Å². The van der Waals surface area contributed by atoms with E-state index in [1.807, 2.05) is 11.8 Å². The van der Waals surface area contributed by atoms with Gasteiger partial charge in [0.1, 0.15) is 5.82 Å². The van der Waals surface area contributed by atoms with Crippen LogP contribution in [0.1, 0.15) is 11.1 Å². The predicted molar refractivity (Wildman–Crippen MR) is 117 cm³/mol. The van der Waals surface area contributed by atoms with Gasteiger partial charge in [0, 0.05) is 49.8 Å². The molecule has 0 unspecified atom stereocenters. The number of hydrogen-bond donors (Lipinski definition) is 0. The average Bonchev–Trinajstić information content (AvgIpc) is 2.71. The zero-order chi connectivity index (χ0) is 21.9. The lowest BCUT2D eigenvalue weighted by atomic mass is 10.2. The van der Waals surface area contributed by atoms with Gasteiger partial charge in [-0.2, -0.15) is 4.31 Å². The molecule has 1 fully saturated rings. The number of benzene rings is 2. The summed E-state index contributed by atoms with van der Waals surface area (Å²) in [4.78, 5) is 16.3. The third kappa shape index (κ3) is 5.46. The van der Waals surface area contributed by atoms with Crippen molar-refractivity contribution in [2.24, 2.45) is 0 Å². The highest BCUT2D eigenvalue weighted by Gasteiger charge is 2.29. The average molecular weight is 498 g/mol. The molecule has 0 aliphatic carbocycles. The second kappa shape index (κ2) is 9.55. The summed E-state index contributed by atoms with van der Waals surface area (Å²) in [7, 11) is -1.89. The van der Waals surface area contributed by atoms with E-state index in [1.165, 1.54) is 15.3 Å². The van der Waals surface area contributed by atoms with Crippen molar-refractivity contribution in [3.63, 3.8) is 0 Å². The number of rotatable bonds is 6. The first-order valence-electron chi connectivity index (χ1n) is 9.64. The highest BCUT2D eigenvalue weighted by molar-refractivity contribution is 9.10. The van der Waals surface area contributed by atoms with Gasteiger partial charge in [-0.1, -0.05) is 33.6 Å². The number of hydrogen-bond acceptors (Lipinski definition) is 4. The molecule has 30 heavy (non-hydrogen) atoms. The van der Waals surface area contributed by atoms with E-state index < -0.39 is 10.0 Å². The Kier molecular flexibility index (Phi) is 7.28. The summed E-state index contributed by atoms with van der Waals surface area (Å²) in [6.07, 6.45) is 0. The quantitative estimate of drug-likeness (QED) is 0.615. The van der Waals surface area contributed by atoms with E-state index in [1.54, 1.807) is 43.4 Å². The van der Waals surface area contributed by atoms with Crippen LogP contribution in [0, 0.1) is 12.7 Å². The first kappa shape index (κ1) is 22.9. The highest BCUT2D eigenvalue weighted by Crippen LogP contribution is 2.19. The normalized spacial score (nSPS) is 15.9. The van der Waals surface area contributed by atoms with Gasteiger partial charge in [-0.25, -0.2) is 12.8 Å². The topological polar surface area (TPSA) is 60.9 Å². The van der Waals surface area contributed by atoms with Gasteiger partial charge in [-0.15, -0.1) is 0 Å². The summed E-state index contributed by atoms with van der Waals surface area (Å²) in [5.41, 5.74) is 1.44. The van der Waals surface area contributed by atoms with Crippen LogP contribution in [-0.2, 0) is 21.4 Å². The lowest BCUT2D eigenvalue weighted by Gasteiger charge is -2.34. The molecule has 1 heterocycles. The molecule has 6 nitrogen and oxygen atoms in total. The summed E-state index contributed by atoms with van der Waals surface area (Å²) in [5, 5.41) is 0. The van der Waals surface area contributed by atoms with Gasteiger partial charge in [0.15, 0.2) is 0 Å². The van der Waals surface area contributed by atoms with Crippen LogP contribution in [0.4, 0.5) is 4.39 Å². The van der Waals surface area contributed by atoms with E-state index >= 15 is 0 Å². The van der Waals surface area contributed by atoms with E-state index in [0.717, 1.165) is 10.0 Å². The molecule has 1 aliphatic rings. The van der Waals surface area contributed by atoms with E-state index in [0.29, 0.717) is 31.7 Å². The molecule has 3 rings (SSSR count). The van der Waals surface area contributed by atoms with Gasteiger partial charge < -0.3 is 4.90 Å². The Bertz CT molecular complexity index is 1010. The van der Waals surface area contributed by atoms with E-state index in [9.17, 15) is 17.6 Å². The summed E-state index contributed by atoms with van der Waals surface area (Å²) in [6, 6.07) is 11.5. The molecule has 0 atom stereocenters. The lowest BCUT2D eigenvalue weighted by Crippen LogP contribution is -2.51. The summed E-state index contributed by atoms with van der Waals surface area (Å²) >= 11 is 3.31. The van der Waals surface area contributed by atoms with Crippen LogP contribution in [-0.4, -0.2) is 68.2 Å². The molecule has 2 aromatic carbocycles. The number of halogens is 2. The zero-order valence-electron chi connectivity index (χ0n) is 17.0. The van der Waals surface area contributed by atoms with Gasteiger partial charge >= 0.3 is 0 Å². The van der Waals surface area contributed by atoms with Crippen molar-refractivity contribution >= 4 is 31.9 Å². The minimum atomic E-state index is -3.53. The minimum Gasteiger partial charge on any atom is -0.340 e. The number of sulfonamides is 1. The molecule has 9 heteroatoms. The third-order valence-electron chi connectivity index (χ3n) is 5.19. The van der Waals surface area contributed by atoms with Crippen molar-refractivity contribution in [2.75, 3.05) is 39.8 Å². The van der Waals surface area contributed by atoms with Crippen LogP contribution >= 0.6 is 15.9 Å². The Labute approximate surface area is 185 Å². The van der Waals surface area contributed by atoms with Gasteiger partial charge in [0.05, 0.1) is 11.4 Å². The molecule has 0 N–H and O–H groups in total. The van der Waals surface area contributed by atoms with Crippen LogP contribution in [0.15, 0.2) is 51.8 Å². The number of amides is 1. The molecular weight excluding hydrogens is 473 g/mol. The Hall–Kier alpha value is -1.81. The van der Waals surface area contributed by atoms with Gasteiger partial charge in [0.25, 0.3) is 0 Å². The fourth-order valence-corrected chi connectivity index (χ4v) is 5.14. The molecular formula is C21H25BrFN3O3S. The molecule has 0 radical (unpaired) electrons. The van der Waals surface area contributed by atoms with Crippen LogP contribution in [0.3, 0.4) is 0 Å². The van der Waals surface area contributed by atoms with Crippen molar-refractivity contribution < 1.29 is 17.6 Å². The maximum absolute atomic E-state index is 13.9. The number of nitrogens with zero attached hydrogens (tertiary/aromatic N) is 3. The molecule has 162 valence electrons. The summed E-state index contributed by atoms with van der Waals surface area (Å²) in [6.45, 7) is 3.84. The number of piperazine rings is 1. The lowest BCUT2D eigenvalue weighted by molar-refractivity contribution is -0.131. The van der Waals surface area contributed by atoms with Gasteiger partial charge in [-0.3, -0.25) is 9.69 Å². The Morgan fingerprint density at radius 1 is 1.10 bits per heavy atom. The first-order chi connectivity index (χ1) is 14.2. The highest BCUT2D eigenvalue weighted by atomic mass is 79.9. The van der Waals surface area contributed by atoms with Crippen molar-refractivity contribution in [3.05, 3.63) is 63.9 Å². The van der Waals surface area contributed by atoms with Gasteiger partial charge in [0.2, 0.25) is 15.9 Å². The molecule has 1 aliphatic heterocycles. The molecule has 1 saturated heterocycles. The van der Waals surface area contributed by atoms with Crippen LogP contribution in [0.2, 0.25) is 0 Å². The molecule has 0 aromatic heterocycles. The second-order valence-corrected chi connectivity index (χ2v) is 10.3. The first-order valence-corrected chi connectivity index (χ1v) is 11.9. The van der Waals surface area contributed by atoms with Crippen molar-refractivity contribution in [3.8, 4) is 0 Å². The maximum Gasteiger partial charge on any atom is 0.243 e. The molecule has 2 aromatic rings. The van der Waals surface area contributed by atoms with E-state index in [2.05, 4.69) is 15.9 Å². The Morgan fingerprint density at radius 3 is 2.37 bits per heavy atom. The summed E-state index contributed by atoms with van der Waals surface area (Å²) in [5.74, 6) is -0.489. The minimum absolute atomic E-state index is 0.135. The summed E-state index contributed by atoms with van der Waals surface area (Å²) < 4.78 is 41.7. The fraction of sp³-hybridized carbons (Fsp3) is 0.381. The number of carbonyl (C=O) groups is 1. The SMILES string of the molecule is Cc1ccc(S(=O)(=O)N2CCN(CC(=O)N(C)Cc3cc(Br)ccc3F)CC2)cc1. The van der Waals surface area contributed by atoms with E-state index in [-0.39, 0.29) is 29.7 Å². The third-order valence-corrected chi connectivity index (χ3v) is 7.60. The number of carbonyl (C=O) groups excluding carboxylic acids is 1. The zero-order valence-corrected chi connectivity index (χ0v) is 19.4. The van der Waals surface area contributed by atoms with Crippen LogP contribution in [0.5, 0.6) is 0 Å². The molecule has 0 bridgehead atoms. The molecule has 0 spiro atoms. The van der Waals surface area contributed by atoms with Gasteiger partial charge in [-0.05, 0) is 37.3 Å². The van der Waals surface area contributed by atoms with Crippen molar-refractivity contribution in [2.45, 2.75) is 18.4 Å². The van der Waals surface area contributed by atoms with Crippen LogP contribution in [0.25, 0.3) is 0 Å². The maximum atomic E-state index is 13.9.